The van der Waals surface area contributed by atoms with E-state index >= 15 is 0 Å². The molecule has 0 radical (unpaired) electrons. The maximum atomic E-state index is 12.1. The Morgan fingerprint density at radius 1 is 1.39 bits per heavy atom. The Balaban J connectivity index is 1.87. The topological polar surface area (TPSA) is 42.9 Å². The smallest absolute Gasteiger partial charge is 0.171 e. The van der Waals surface area contributed by atoms with Crippen molar-refractivity contribution in [2.75, 3.05) is 0 Å². The summed E-state index contributed by atoms with van der Waals surface area (Å²) in [6.07, 6.45) is 2.01. The predicted octanol–water partition coefficient (Wildman–Crippen LogP) is 3.49. The number of thiazole rings is 1. The monoisotopic (exact) mass is 274 g/mol. The molecule has 3 nitrogen and oxygen atoms in total. The number of pyridine rings is 1. The summed E-state index contributed by atoms with van der Waals surface area (Å²) in [5.74, 6) is 0.0761. The van der Waals surface area contributed by atoms with Crippen molar-refractivity contribution in [3.05, 3.63) is 45.4 Å². The lowest BCUT2D eigenvalue weighted by atomic mass is 10.1. The molecule has 0 aromatic carbocycles. The summed E-state index contributed by atoms with van der Waals surface area (Å²) in [7, 11) is 0. The Kier molecular flexibility index (Phi) is 2.93. The molecule has 90 valence electrons. The molecule has 5 heteroatoms. The molecule has 18 heavy (non-hydrogen) atoms. The average Bonchev–Trinajstić information content (AvgIpc) is 2.96. The molecule has 0 saturated carbocycles. The van der Waals surface area contributed by atoms with Crippen LogP contribution in [0.3, 0.4) is 0 Å². The van der Waals surface area contributed by atoms with Crippen LogP contribution < -0.4 is 0 Å². The highest BCUT2D eigenvalue weighted by atomic mass is 32.1. The normalized spacial score (nSPS) is 10.9. The van der Waals surface area contributed by atoms with E-state index < -0.39 is 0 Å². The molecule has 0 amide bonds. The first-order valence-electron chi connectivity index (χ1n) is 5.50. The SMILES string of the molecule is Cc1csc(CC(=O)c2cnc3ccsc3c2)n1. The van der Waals surface area contributed by atoms with Crippen LogP contribution in [0.4, 0.5) is 0 Å². The maximum absolute atomic E-state index is 12.1. The minimum absolute atomic E-state index is 0.0761. The zero-order valence-corrected chi connectivity index (χ0v) is 11.3. The predicted molar refractivity (Wildman–Crippen MR) is 74.5 cm³/mol. The van der Waals surface area contributed by atoms with Crippen LogP contribution in [-0.4, -0.2) is 15.8 Å². The summed E-state index contributed by atoms with van der Waals surface area (Å²) < 4.78 is 1.05. The van der Waals surface area contributed by atoms with E-state index in [0.717, 1.165) is 20.9 Å². The Morgan fingerprint density at radius 2 is 2.28 bits per heavy atom. The van der Waals surface area contributed by atoms with Gasteiger partial charge < -0.3 is 0 Å². The molecule has 0 spiro atoms. The highest BCUT2D eigenvalue weighted by Crippen LogP contribution is 2.20. The summed E-state index contributed by atoms with van der Waals surface area (Å²) in [6.45, 7) is 1.93. The van der Waals surface area contributed by atoms with Crippen molar-refractivity contribution in [3.63, 3.8) is 0 Å². The molecule has 3 heterocycles. The fourth-order valence-electron chi connectivity index (χ4n) is 1.72. The zero-order chi connectivity index (χ0) is 12.5. The number of hydrogen-bond donors (Lipinski definition) is 0. The molecule has 0 N–H and O–H groups in total. The second kappa shape index (κ2) is 4.59. The van der Waals surface area contributed by atoms with Gasteiger partial charge >= 0.3 is 0 Å². The summed E-state index contributed by atoms with van der Waals surface area (Å²) in [6, 6.07) is 3.87. The number of aromatic nitrogens is 2. The fraction of sp³-hybridized carbons (Fsp3) is 0.154. The van der Waals surface area contributed by atoms with Crippen molar-refractivity contribution in [3.8, 4) is 0 Å². The van der Waals surface area contributed by atoms with Crippen LogP contribution >= 0.6 is 22.7 Å². The molecule has 0 unspecified atom stereocenters. The summed E-state index contributed by atoms with van der Waals surface area (Å²) >= 11 is 3.13. The Labute approximate surface area is 112 Å². The standard InChI is InChI=1S/C13H10N2OS2/c1-8-7-18-13(15-8)5-11(16)9-4-12-10(14-6-9)2-3-17-12/h2-4,6-7H,5H2,1H3. The van der Waals surface area contributed by atoms with Gasteiger partial charge in [-0.2, -0.15) is 0 Å². The molecule has 0 bridgehead atoms. The molecule has 0 atom stereocenters. The van der Waals surface area contributed by atoms with Crippen molar-refractivity contribution in [1.29, 1.82) is 0 Å². The number of nitrogens with zero attached hydrogens (tertiary/aromatic N) is 2. The van der Waals surface area contributed by atoms with E-state index in [1.165, 1.54) is 11.3 Å². The number of rotatable bonds is 3. The molecular weight excluding hydrogens is 264 g/mol. The fourth-order valence-corrected chi connectivity index (χ4v) is 3.27. The first kappa shape index (κ1) is 11.5. The number of thiophene rings is 1. The summed E-state index contributed by atoms with van der Waals surface area (Å²) in [5, 5.41) is 4.81. The summed E-state index contributed by atoms with van der Waals surface area (Å²) in [5.41, 5.74) is 2.58. The van der Waals surface area contributed by atoms with Crippen molar-refractivity contribution in [2.24, 2.45) is 0 Å². The number of carbonyl (C=O) groups is 1. The quantitative estimate of drug-likeness (QED) is 0.687. The van der Waals surface area contributed by atoms with E-state index in [-0.39, 0.29) is 5.78 Å². The van der Waals surface area contributed by atoms with Gasteiger partial charge in [-0.25, -0.2) is 4.98 Å². The van der Waals surface area contributed by atoms with Gasteiger partial charge in [0.05, 0.1) is 16.6 Å². The Hall–Kier alpha value is -1.59. The largest absolute Gasteiger partial charge is 0.294 e. The number of aryl methyl sites for hydroxylation is 1. The van der Waals surface area contributed by atoms with E-state index in [1.54, 1.807) is 17.5 Å². The highest BCUT2D eigenvalue weighted by molar-refractivity contribution is 7.17. The third-order valence-corrected chi connectivity index (χ3v) is 4.42. The van der Waals surface area contributed by atoms with Crippen molar-refractivity contribution in [2.45, 2.75) is 13.3 Å². The first-order valence-corrected chi connectivity index (χ1v) is 7.26. The molecular formula is C13H10N2OS2. The van der Waals surface area contributed by atoms with Gasteiger partial charge in [0.25, 0.3) is 0 Å². The Bertz CT molecular complexity index is 714. The minimum Gasteiger partial charge on any atom is -0.294 e. The van der Waals surface area contributed by atoms with Crippen molar-refractivity contribution >= 4 is 38.7 Å². The van der Waals surface area contributed by atoms with Crippen LogP contribution in [0.5, 0.6) is 0 Å². The van der Waals surface area contributed by atoms with Crippen LogP contribution in [0.25, 0.3) is 10.2 Å². The van der Waals surface area contributed by atoms with Gasteiger partial charge in [0.2, 0.25) is 0 Å². The van der Waals surface area contributed by atoms with E-state index in [0.29, 0.717) is 12.0 Å². The molecule has 0 aliphatic rings. The molecule has 0 aliphatic carbocycles. The van der Waals surface area contributed by atoms with Gasteiger partial charge in [-0.3, -0.25) is 9.78 Å². The number of Topliss-reactive ketones (excluding diaryl/α,β-unsaturated/α-hetero) is 1. The van der Waals surface area contributed by atoms with Gasteiger partial charge in [-0.15, -0.1) is 22.7 Å². The molecule has 3 aromatic heterocycles. The molecule has 0 saturated heterocycles. The van der Waals surface area contributed by atoms with Crippen LogP contribution in [0.15, 0.2) is 29.1 Å². The van der Waals surface area contributed by atoms with E-state index in [1.807, 2.05) is 29.8 Å². The van der Waals surface area contributed by atoms with Crippen molar-refractivity contribution < 1.29 is 4.79 Å². The second-order valence-electron chi connectivity index (χ2n) is 4.01. The maximum Gasteiger partial charge on any atom is 0.171 e. The second-order valence-corrected chi connectivity index (χ2v) is 5.90. The number of ketones is 1. The van der Waals surface area contributed by atoms with Gasteiger partial charge in [0.1, 0.15) is 5.01 Å². The molecule has 3 rings (SSSR count). The highest BCUT2D eigenvalue weighted by Gasteiger charge is 2.11. The van der Waals surface area contributed by atoms with E-state index in [4.69, 9.17) is 0 Å². The van der Waals surface area contributed by atoms with Crippen LogP contribution in [0.1, 0.15) is 21.1 Å². The van der Waals surface area contributed by atoms with Gasteiger partial charge in [0, 0.05) is 22.8 Å². The third kappa shape index (κ3) is 2.19. The van der Waals surface area contributed by atoms with Crippen LogP contribution in [-0.2, 0) is 6.42 Å². The van der Waals surface area contributed by atoms with Crippen LogP contribution in [0, 0.1) is 6.92 Å². The lowest BCUT2D eigenvalue weighted by molar-refractivity contribution is 0.0993. The molecule has 0 fully saturated rings. The number of carbonyl (C=O) groups excluding carboxylic acids is 1. The molecule has 3 aromatic rings. The number of hydrogen-bond acceptors (Lipinski definition) is 5. The van der Waals surface area contributed by atoms with Gasteiger partial charge in [-0.1, -0.05) is 0 Å². The van der Waals surface area contributed by atoms with Crippen molar-refractivity contribution in [1.82, 2.24) is 9.97 Å². The lowest BCUT2D eigenvalue weighted by Gasteiger charge is -1.98. The zero-order valence-electron chi connectivity index (χ0n) is 9.71. The van der Waals surface area contributed by atoms with E-state index in [9.17, 15) is 4.79 Å². The van der Waals surface area contributed by atoms with E-state index in [2.05, 4.69) is 9.97 Å². The number of fused-ring (bicyclic) bond motifs is 1. The summed E-state index contributed by atoms with van der Waals surface area (Å²) in [4.78, 5) is 20.7. The molecule has 0 aliphatic heterocycles. The third-order valence-electron chi connectivity index (χ3n) is 2.60. The minimum atomic E-state index is 0.0761. The van der Waals surface area contributed by atoms with Gasteiger partial charge in [-0.05, 0) is 24.4 Å². The average molecular weight is 274 g/mol. The Morgan fingerprint density at radius 3 is 3.06 bits per heavy atom. The van der Waals surface area contributed by atoms with Crippen LogP contribution in [0.2, 0.25) is 0 Å². The first-order chi connectivity index (χ1) is 8.72. The lowest BCUT2D eigenvalue weighted by Crippen LogP contribution is -2.03. The van der Waals surface area contributed by atoms with Gasteiger partial charge in [0.15, 0.2) is 5.78 Å².